The number of nitrogens with one attached hydrogen (secondary N) is 1. The average molecular weight is 395 g/mol. The second kappa shape index (κ2) is 7.77. The van der Waals surface area contributed by atoms with Crippen molar-refractivity contribution >= 4 is 17.4 Å². The number of halogens is 3. The van der Waals surface area contributed by atoms with Crippen LogP contribution in [-0.2, 0) is 4.74 Å². The van der Waals surface area contributed by atoms with Crippen molar-refractivity contribution in [3.8, 4) is 11.8 Å². The quantitative estimate of drug-likeness (QED) is 0.804. The van der Waals surface area contributed by atoms with Crippen LogP contribution in [0.4, 0.5) is 24.7 Å². The Bertz CT molecular complexity index is 889. The Balaban J connectivity index is 1.82. The number of alkyl halides is 3. The van der Waals surface area contributed by atoms with E-state index in [-0.39, 0.29) is 35.7 Å². The van der Waals surface area contributed by atoms with Gasteiger partial charge in [0.25, 0.3) is 5.91 Å². The zero-order valence-electron chi connectivity index (χ0n) is 14.4. The molecular weight excluding hydrogens is 379 g/mol. The molecule has 2 aromatic rings. The van der Waals surface area contributed by atoms with Gasteiger partial charge in [-0.1, -0.05) is 0 Å². The Hall–Kier alpha value is -3.26. The topological polar surface area (TPSA) is 115 Å². The van der Waals surface area contributed by atoms with E-state index in [1.807, 2.05) is 0 Å². The van der Waals surface area contributed by atoms with Crippen molar-refractivity contribution in [2.45, 2.75) is 18.8 Å². The van der Waals surface area contributed by atoms with Crippen molar-refractivity contribution in [2.24, 2.45) is 11.7 Å². The number of primary amides is 1. The van der Waals surface area contributed by atoms with E-state index in [2.05, 4.69) is 21.2 Å². The fourth-order valence-corrected chi connectivity index (χ4v) is 2.85. The minimum atomic E-state index is -4.79. The number of benzene rings is 1. The van der Waals surface area contributed by atoms with Gasteiger partial charge in [-0.15, -0.1) is 13.2 Å². The van der Waals surface area contributed by atoms with Gasteiger partial charge in [-0.05, 0) is 30.7 Å². The fourth-order valence-electron chi connectivity index (χ4n) is 2.85. The number of nitrogens with zero attached hydrogens (tertiary/aromatic N) is 3. The van der Waals surface area contributed by atoms with Gasteiger partial charge in [0.1, 0.15) is 11.3 Å². The number of nitriles is 1. The Kier molecular flexibility index (Phi) is 5.41. The smallest absolute Gasteiger partial charge is 0.406 e. The minimum Gasteiger partial charge on any atom is -0.406 e. The molecule has 0 radical (unpaired) electrons. The molecule has 0 aliphatic carbocycles. The molecule has 1 saturated heterocycles. The molecule has 1 aromatic heterocycles. The molecule has 0 spiro atoms. The molecule has 0 bridgehead atoms. The number of hydrogen-bond acceptors (Lipinski definition) is 6. The van der Waals surface area contributed by atoms with Gasteiger partial charge in [-0.2, -0.15) is 10.4 Å². The van der Waals surface area contributed by atoms with E-state index in [9.17, 15) is 23.2 Å². The Morgan fingerprint density at radius 2 is 2.11 bits per heavy atom. The van der Waals surface area contributed by atoms with Crippen molar-refractivity contribution in [1.29, 1.82) is 5.26 Å². The largest absolute Gasteiger partial charge is 0.573 e. The summed E-state index contributed by atoms with van der Waals surface area (Å²) < 4.78 is 47.4. The standard InChI is InChI=1S/C17H16F3N5O3/c18-17(19,20)28-12-3-1-11(2-4-12)23-16-13(15(22)26)8-25(24-16)14-9-27-6-5-10(14)7-21/h1-4,8,10,14H,5-6,9H2,(H2,22,26)(H,23,24). The maximum Gasteiger partial charge on any atom is 0.573 e. The minimum absolute atomic E-state index is 0.0814. The highest BCUT2D eigenvalue weighted by Crippen LogP contribution is 2.29. The van der Waals surface area contributed by atoms with Crippen LogP contribution in [0, 0.1) is 17.2 Å². The third kappa shape index (κ3) is 4.52. The lowest BCUT2D eigenvalue weighted by atomic mass is 9.97. The maximum absolute atomic E-state index is 12.2. The number of ether oxygens (including phenoxy) is 2. The Morgan fingerprint density at radius 1 is 1.39 bits per heavy atom. The third-order valence-corrected chi connectivity index (χ3v) is 4.18. The Labute approximate surface area is 157 Å². The molecule has 11 heteroatoms. The predicted octanol–water partition coefficient (Wildman–Crippen LogP) is 2.73. The van der Waals surface area contributed by atoms with Crippen LogP contribution in [0.5, 0.6) is 5.75 Å². The van der Waals surface area contributed by atoms with Gasteiger partial charge in [0.05, 0.1) is 24.6 Å². The summed E-state index contributed by atoms with van der Waals surface area (Å²) in [4.78, 5) is 11.8. The second-order valence-corrected chi connectivity index (χ2v) is 6.10. The van der Waals surface area contributed by atoms with E-state index >= 15 is 0 Å². The average Bonchev–Trinajstić information content (AvgIpc) is 3.06. The highest BCUT2D eigenvalue weighted by molar-refractivity contribution is 5.98. The lowest BCUT2D eigenvalue weighted by molar-refractivity contribution is -0.274. The first kappa shape index (κ1) is 19.5. The summed E-state index contributed by atoms with van der Waals surface area (Å²) in [7, 11) is 0. The van der Waals surface area contributed by atoms with Gasteiger partial charge in [-0.25, -0.2) is 0 Å². The van der Waals surface area contributed by atoms with Crippen LogP contribution in [0.15, 0.2) is 30.5 Å². The summed E-state index contributed by atoms with van der Waals surface area (Å²) in [6, 6.07) is 6.75. The van der Waals surface area contributed by atoms with Gasteiger partial charge in [0.15, 0.2) is 5.82 Å². The van der Waals surface area contributed by atoms with Crippen LogP contribution in [0.1, 0.15) is 22.8 Å². The molecule has 2 heterocycles. The molecule has 3 rings (SSSR count). The summed E-state index contributed by atoms with van der Waals surface area (Å²) in [5.74, 6) is -1.33. The number of rotatable bonds is 5. The molecule has 0 saturated carbocycles. The second-order valence-electron chi connectivity index (χ2n) is 6.10. The number of nitrogens with two attached hydrogens (primary N) is 1. The highest BCUT2D eigenvalue weighted by Gasteiger charge is 2.31. The molecule has 2 atom stereocenters. The number of carbonyl (C=O) groups excluding carboxylic acids is 1. The fraction of sp³-hybridized carbons (Fsp3) is 0.353. The monoisotopic (exact) mass is 395 g/mol. The van der Waals surface area contributed by atoms with Crippen molar-refractivity contribution in [3.05, 3.63) is 36.0 Å². The number of aromatic nitrogens is 2. The molecule has 1 amide bonds. The van der Waals surface area contributed by atoms with Crippen LogP contribution in [0.3, 0.4) is 0 Å². The third-order valence-electron chi connectivity index (χ3n) is 4.18. The first-order valence-corrected chi connectivity index (χ1v) is 8.26. The normalized spacial score (nSPS) is 19.6. The van der Waals surface area contributed by atoms with Crippen molar-refractivity contribution < 1.29 is 27.4 Å². The molecule has 1 aliphatic rings. The van der Waals surface area contributed by atoms with Crippen molar-refractivity contribution in [1.82, 2.24) is 9.78 Å². The van der Waals surface area contributed by atoms with Gasteiger partial charge < -0.3 is 20.5 Å². The molecule has 3 N–H and O–H groups in total. The van der Waals surface area contributed by atoms with E-state index in [4.69, 9.17) is 10.5 Å². The zero-order chi connectivity index (χ0) is 20.3. The molecule has 1 aliphatic heterocycles. The van der Waals surface area contributed by atoms with Crippen LogP contribution in [-0.4, -0.2) is 35.3 Å². The summed E-state index contributed by atoms with van der Waals surface area (Å²) >= 11 is 0. The first-order valence-electron chi connectivity index (χ1n) is 8.26. The van der Waals surface area contributed by atoms with Gasteiger partial charge in [-0.3, -0.25) is 9.48 Å². The zero-order valence-corrected chi connectivity index (χ0v) is 14.4. The van der Waals surface area contributed by atoms with Crippen LogP contribution in [0.2, 0.25) is 0 Å². The highest BCUT2D eigenvalue weighted by atomic mass is 19.4. The molecule has 8 nitrogen and oxygen atoms in total. The van der Waals surface area contributed by atoms with Crippen LogP contribution >= 0.6 is 0 Å². The van der Waals surface area contributed by atoms with E-state index in [0.29, 0.717) is 18.7 Å². The SMILES string of the molecule is N#CC1CCOCC1n1cc(C(N)=O)c(Nc2ccc(OC(F)(F)F)cc2)n1. The molecule has 1 aromatic carbocycles. The van der Waals surface area contributed by atoms with Crippen molar-refractivity contribution in [2.75, 3.05) is 18.5 Å². The summed E-state index contributed by atoms with van der Waals surface area (Å²) in [6.45, 7) is 0.733. The lowest BCUT2D eigenvalue weighted by Gasteiger charge is -2.26. The van der Waals surface area contributed by atoms with Crippen LogP contribution in [0.25, 0.3) is 0 Å². The molecule has 2 unspecified atom stereocenters. The number of carbonyl (C=O) groups is 1. The summed E-state index contributed by atoms with van der Waals surface area (Å²) in [5.41, 5.74) is 5.85. The number of amides is 1. The lowest BCUT2D eigenvalue weighted by Crippen LogP contribution is -2.29. The van der Waals surface area contributed by atoms with E-state index < -0.39 is 12.3 Å². The molecular formula is C17H16F3N5O3. The molecule has 148 valence electrons. The molecule has 28 heavy (non-hydrogen) atoms. The van der Waals surface area contributed by atoms with Gasteiger partial charge >= 0.3 is 6.36 Å². The van der Waals surface area contributed by atoms with Gasteiger partial charge in [0.2, 0.25) is 0 Å². The maximum atomic E-state index is 12.2. The van der Waals surface area contributed by atoms with Crippen molar-refractivity contribution in [3.63, 3.8) is 0 Å². The first-order chi connectivity index (χ1) is 13.3. The number of anilines is 2. The number of hydrogen-bond donors (Lipinski definition) is 2. The van der Waals surface area contributed by atoms with E-state index in [1.54, 1.807) is 0 Å². The van der Waals surface area contributed by atoms with Crippen LogP contribution < -0.4 is 15.8 Å². The molecule has 1 fully saturated rings. The van der Waals surface area contributed by atoms with E-state index in [0.717, 1.165) is 12.1 Å². The predicted molar refractivity (Wildman–Crippen MR) is 90.7 cm³/mol. The summed E-state index contributed by atoms with van der Waals surface area (Å²) in [6.07, 6.45) is -2.82. The van der Waals surface area contributed by atoms with E-state index in [1.165, 1.54) is 23.0 Å². The summed E-state index contributed by atoms with van der Waals surface area (Å²) in [5, 5.41) is 16.4. The Morgan fingerprint density at radius 3 is 2.71 bits per heavy atom. The van der Waals surface area contributed by atoms with Gasteiger partial charge in [0, 0.05) is 18.5 Å².